The average Bonchev–Trinajstić information content (AvgIpc) is 3.49. The van der Waals surface area contributed by atoms with Crippen LogP contribution in [0.4, 0.5) is 19.3 Å². The van der Waals surface area contributed by atoms with E-state index in [4.69, 9.17) is 4.74 Å². The SMILES string of the molecule is COC(=O)c1cccc(NC(=O)N2Cc3c(sc4c3CCCC4)-n3cccc3C2c2cc(F)cc(F)c2)c1. The summed E-state index contributed by atoms with van der Waals surface area (Å²) in [6.07, 6.45) is 6.11. The van der Waals surface area contributed by atoms with Crippen molar-refractivity contribution in [2.24, 2.45) is 0 Å². The molecule has 0 fully saturated rings. The van der Waals surface area contributed by atoms with Crippen LogP contribution >= 0.6 is 11.3 Å². The zero-order valence-corrected chi connectivity index (χ0v) is 21.5. The molecule has 0 radical (unpaired) electrons. The number of nitrogens with zero attached hydrogens (tertiary/aromatic N) is 2. The van der Waals surface area contributed by atoms with Gasteiger partial charge in [-0.3, -0.25) is 0 Å². The van der Waals surface area contributed by atoms with Gasteiger partial charge in [0.1, 0.15) is 22.7 Å². The molecule has 0 spiro atoms. The van der Waals surface area contributed by atoms with Crippen molar-refractivity contribution in [1.82, 2.24) is 9.47 Å². The fraction of sp³-hybridized carbons (Fsp3) is 0.241. The second-order valence-electron chi connectivity index (χ2n) is 9.53. The summed E-state index contributed by atoms with van der Waals surface area (Å²) in [6, 6.07) is 12.4. The Morgan fingerprint density at radius 1 is 1.00 bits per heavy atom. The van der Waals surface area contributed by atoms with Crippen LogP contribution in [-0.4, -0.2) is 28.6 Å². The number of ether oxygens (including phenoxy) is 1. The first-order valence-corrected chi connectivity index (χ1v) is 13.3. The molecule has 3 heterocycles. The fourth-order valence-corrected chi connectivity index (χ4v) is 6.91. The number of rotatable bonds is 3. The van der Waals surface area contributed by atoms with Crippen molar-refractivity contribution in [2.75, 3.05) is 12.4 Å². The lowest BCUT2D eigenvalue weighted by Crippen LogP contribution is -2.38. The Hall–Kier alpha value is -3.98. The van der Waals surface area contributed by atoms with Gasteiger partial charge in [-0.2, -0.15) is 0 Å². The second-order valence-corrected chi connectivity index (χ2v) is 10.6. The summed E-state index contributed by atoms with van der Waals surface area (Å²) in [5.74, 6) is -1.93. The summed E-state index contributed by atoms with van der Waals surface area (Å²) in [6.45, 7) is 0.272. The molecule has 1 aliphatic heterocycles. The van der Waals surface area contributed by atoms with Crippen LogP contribution < -0.4 is 5.32 Å². The van der Waals surface area contributed by atoms with Gasteiger partial charge in [-0.25, -0.2) is 18.4 Å². The van der Waals surface area contributed by atoms with Gasteiger partial charge in [0.15, 0.2) is 0 Å². The van der Waals surface area contributed by atoms with E-state index in [0.717, 1.165) is 48.0 Å². The van der Waals surface area contributed by atoms with Gasteiger partial charge in [-0.15, -0.1) is 11.3 Å². The molecule has 1 unspecified atom stereocenters. The molecule has 1 atom stereocenters. The third-order valence-corrected chi connectivity index (χ3v) is 8.51. The summed E-state index contributed by atoms with van der Waals surface area (Å²) in [4.78, 5) is 29.0. The lowest BCUT2D eigenvalue weighted by Gasteiger charge is -2.31. The van der Waals surface area contributed by atoms with Crippen LogP contribution in [0, 0.1) is 11.6 Å². The zero-order valence-electron chi connectivity index (χ0n) is 20.7. The minimum absolute atomic E-state index is 0.272. The topological polar surface area (TPSA) is 63.6 Å². The number of hydrogen-bond acceptors (Lipinski definition) is 4. The van der Waals surface area contributed by atoms with E-state index in [0.29, 0.717) is 16.8 Å². The molecule has 0 saturated carbocycles. The molecule has 2 aromatic heterocycles. The van der Waals surface area contributed by atoms with E-state index in [-0.39, 0.29) is 6.54 Å². The van der Waals surface area contributed by atoms with E-state index in [1.54, 1.807) is 40.5 Å². The van der Waals surface area contributed by atoms with Crippen LogP contribution in [0.3, 0.4) is 0 Å². The predicted octanol–water partition coefficient (Wildman–Crippen LogP) is 6.62. The van der Waals surface area contributed by atoms with Crippen LogP contribution in [0.25, 0.3) is 5.00 Å². The van der Waals surface area contributed by atoms with Crippen molar-refractivity contribution >= 4 is 29.0 Å². The maximum Gasteiger partial charge on any atom is 0.337 e. The highest BCUT2D eigenvalue weighted by molar-refractivity contribution is 7.15. The molecule has 6 rings (SSSR count). The summed E-state index contributed by atoms with van der Waals surface area (Å²) < 4.78 is 35.7. The van der Waals surface area contributed by atoms with Crippen LogP contribution in [0.5, 0.6) is 0 Å². The molecule has 2 amide bonds. The van der Waals surface area contributed by atoms with E-state index < -0.39 is 29.7 Å². The summed E-state index contributed by atoms with van der Waals surface area (Å²) in [5, 5.41) is 3.94. The van der Waals surface area contributed by atoms with Gasteiger partial charge in [0, 0.05) is 28.4 Å². The highest BCUT2D eigenvalue weighted by Crippen LogP contribution is 2.44. The number of carbonyl (C=O) groups excluding carboxylic acids is 2. The minimum Gasteiger partial charge on any atom is -0.465 e. The van der Waals surface area contributed by atoms with Crippen molar-refractivity contribution < 1.29 is 23.1 Å². The van der Waals surface area contributed by atoms with Gasteiger partial charge >= 0.3 is 12.0 Å². The molecule has 2 aromatic carbocycles. The first kappa shape index (κ1) is 24.4. The van der Waals surface area contributed by atoms with E-state index in [1.807, 2.05) is 18.3 Å². The third kappa shape index (κ3) is 4.26. The first-order chi connectivity index (χ1) is 18.4. The van der Waals surface area contributed by atoms with Crippen molar-refractivity contribution in [3.05, 3.63) is 105 Å². The van der Waals surface area contributed by atoms with Crippen LogP contribution in [0.2, 0.25) is 0 Å². The quantitative estimate of drug-likeness (QED) is 0.301. The van der Waals surface area contributed by atoms with Crippen molar-refractivity contribution in [2.45, 2.75) is 38.3 Å². The van der Waals surface area contributed by atoms with Crippen molar-refractivity contribution in [1.29, 1.82) is 0 Å². The Labute approximate surface area is 222 Å². The smallest absolute Gasteiger partial charge is 0.337 e. The molecule has 0 saturated heterocycles. The second kappa shape index (κ2) is 9.72. The third-order valence-electron chi connectivity index (χ3n) is 7.18. The molecule has 1 N–H and O–H groups in total. The number of halogens is 2. The maximum atomic E-state index is 14.4. The van der Waals surface area contributed by atoms with Crippen LogP contribution in [0.15, 0.2) is 60.8 Å². The Kier molecular flexibility index (Phi) is 6.23. The number of benzene rings is 2. The van der Waals surface area contributed by atoms with Gasteiger partial charge in [0.2, 0.25) is 0 Å². The van der Waals surface area contributed by atoms with Gasteiger partial charge in [0.25, 0.3) is 0 Å². The van der Waals surface area contributed by atoms with Crippen molar-refractivity contribution in [3.63, 3.8) is 0 Å². The van der Waals surface area contributed by atoms with Crippen LogP contribution in [-0.2, 0) is 24.1 Å². The molecular weight excluding hydrogens is 508 g/mol. The molecule has 6 nitrogen and oxygen atoms in total. The Morgan fingerprint density at radius 3 is 2.58 bits per heavy atom. The molecule has 9 heteroatoms. The van der Waals surface area contributed by atoms with E-state index in [1.165, 1.54) is 29.7 Å². The van der Waals surface area contributed by atoms with Gasteiger partial charge in [0.05, 0.1) is 24.9 Å². The largest absolute Gasteiger partial charge is 0.465 e. The number of hydrogen-bond donors (Lipinski definition) is 1. The van der Waals surface area contributed by atoms with E-state index in [9.17, 15) is 18.4 Å². The Bertz CT molecular complexity index is 1540. The Morgan fingerprint density at radius 2 is 1.79 bits per heavy atom. The van der Waals surface area contributed by atoms with E-state index in [2.05, 4.69) is 9.88 Å². The van der Waals surface area contributed by atoms with E-state index >= 15 is 0 Å². The molecule has 0 bridgehead atoms. The first-order valence-electron chi connectivity index (χ1n) is 12.5. The predicted molar refractivity (Wildman–Crippen MR) is 141 cm³/mol. The number of urea groups is 1. The highest BCUT2D eigenvalue weighted by Gasteiger charge is 2.36. The normalized spacial score (nSPS) is 16.2. The number of methoxy groups -OCH3 is 1. The fourth-order valence-electron chi connectivity index (χ4n) is 5.51. The number of thiophene rings is 1. The highest BCUT2D eigenvalue weighted by atomic mass is 32.1. The minimum atomic E-state index is -0.752. The molecule has 194 valence electrons. The Balaban J connectivity index is 1.48. The molecule has 38 heavy (non-hydrogen) atoms. The summed E-state index contributed by atoms with van der Waals surface area (Å²) in [5.41, 5.74) is 4.13. The lowest BCUT2D eigenvalue weighted by molar-refractivity contribution is 0.0600. The number of nitrogens with one attached hydrogen (secondary N) is 1. The molecule has 2 aliphatic rings. The van der Waals surface area contributed by atoms with Crippen molar-refractivity contribution in [3.8, 4) is 5.00 Å². The van der Waals surface area contributed by atoms with Crippen LogP contribution in [0.1, 0.15) is 56.5 Å². The number of amides is 2. The standard InChI is InChI=1S/C29H25F2N3O3S/c1-37-28(35)17-6-4-7-21(14-17)32-29(36)34-16-23-22-8-2-3-10-25(22)38-27(23)33-11-5-9-24(33)26(34)18-12-19(30)15-20(31)13-18/h4-7,9,11-15,26H,2-3,8,10,16H2,1H3,(H,32,36). The molecule has 1 aliphatic carbocycles. The number of anilines is 1. The number of aromatic nitrogens is 1. The van der Waals surface area contributed by atoms with Gasteiger partial charge in [-0.1, -0.05) is 6.07 Å². The number of fused-ring (bicyclic) bond motifs is 5. The lowest BCUT2D eigenvalue weighted by atomic mass is 9.95. The summed E-state index contributed by atoms with van der Waals surface area (Å²) in [7, 11) is 1.29. The van der Waals surface area contributed by atoms with Gasteiger partial charge in [-0.05, 0) is 79.3 Å². The number of aryl methyl sites for hydroxylation is 1. The maximum absolute atomic E-state index is 14.4. The number of carbonyl (C=O) groups is 2. The average molecular weight is 534 g/mol. The number of esters is 1. The zero-order chi connectivity index (χ0) is 26.4. The monoisotopic (exact) mass is 533 g/mol. The molecular formula is C29H25F2N3O3S. The van der Waals surface area contributed by atoms with Gasteiger partial charge < -0.3 is 19.5 Å². The molecule has 4 aromatic rings. The summed E-state index contributed by atoms with van der Waals surface area (Å²) >= 11 is 1.73.